The molecule has 5 nitrogen and oxygen atoms in total. The average molecular weight is 446 g/mol. The SMILES string of the molecule is O=C(OCc1ccccc1)N1CCC[C@H]1C1=NC(c2ccc(Br)cc2F)CN1. The topological polar surface area (TPSA) is 53.9 Å². The van der Waals surface area contributed by atoms with Gasteiger partial charge in [-0.1, -0.05) is 52.3 Å². The van der Waals surface area contributed by atoms with Gasteiger partial charge in [0.2, 0.25) is 0 Å². The molecule has 0 bridgehead atoms. The Morgan fingerprint density at radius 3 is 2.89 bits per heavy atom. The minimum absolute atomic E-state index is 0.146. The number of nitrogens with zero attached hydrogens (tertiary/aromatic N) is 2. The number of benzene rings is 2. The Morgan fingerprint density at radius 1 is 1.29 bits per heavy atom. The van der Waals surface area contributed by atoms with E-state index in [1.165, 1.54) is 6.07 Å². The van der Waals surface area contributed by atoms with E-state index in [4.69, 9.17) is 4.74 Å². The number of halogens is 2. The number of likely N-dealkylation sites (tertiary alicyclic amines) is 1. The van der Waals surface area contributed by atoms with E-state index in [-0.39, 0.29) is 30.6 Å². The third-order valence-corrected chi connectivity index (χ3v) is 5.59. The highest BCUT2D eigenvalue weighted by Gasteiger charge is 2.36. The molecule has 28 heavy (non-hydrogen) atoms. The molecule has 0 aliphatic carbocycles. The fourth-order valence-electron chi connectivity index (χ4n) is 3.69. The molecule has 1 saturated heterocycles. The fraction of sp³-hybridized carbons (Fsp3) is 0.333. The third kappa shape index (κ3) is 4.04. The van der Waals surface area contributed by atoms with Crippen molar-refractivity contribution < 1.29 is 13.9 Å². The molecule has 0 spiro atoms. The quantitative estimate of drug-likeness (QED) is 0.756. The van der Waals surface area contributed by atoms with Gasteiger partial charge >= 0.3 is 6.09 Å². The predicted octanol–water partition coefficient (Wildman–Crippen LogP) is 4.43. The van der Waals surface area contributed by atoms with Gasteiger partial charge in [-0.3, -0.25) is 9.89 Å². The van der Waals surface area contributed by atoms with Gasteiger partial charge in [0.25, 0.3) is 0 Å². The summed E-state index contributed by atoms with van der Waals surface area (Å²) in [5.74, 6) is 0.457. The van der Waals surface area contributed by atoms with Crippen LogP contribution in [0.3, 0.4) is 0 Å². The van der Waals surface area contributed by atoms with Crippen molar-refractivity contribution in [1.82, 2.24) is 10.2 Å². The number of amidine groups is 1. The number of carbonyl (C=O) groups excluding carboxylic acids is 1. The molecule has 2 atom stereocenters. The van der Waals surface area contributed by atoms with Gasteiger partial charge in [-0.2, -0.15) is 0 Å². The Hall–Kier alpha value is -2.41. The van der Waals surface area contributed by atoms with Gasteiger partial charge in [0.05, 0.1) is 12.1 Å². The van der Waals surface area contributed by atoms with E-state index in [9.17, 15) is 9.18 Å². The van der Waals surface area contributed by atoms with Gasteiger partial charge in [0.1, 0.15) is 18.3 Å². The van der Waals surface area contributed by atoms with E-state index < -0.39 is 0 Å². The Morgan fingerprint density at radius 2 is 2.11 bits per heavy atom. The molecule has 2 aliphatic heterocycles. The number of aliphatic imine (C=N–C) groups is 1. The van der Waals surface area contributed by atoms with Crippen molar-refractivity contribution in [2.75, 3.05) is 13.1 Å². The molecule has 0 radical (unpaired) electrons. The first kappa shape index (κ1) is 18.9. The van der Waals surface area contributed by atoms with Crippen LogP contribution in [0.2, 0.25) is 0 Å². The van der Waals surface area contributed by atoms with Gasteiger partial charge in [0, 0.05) is 23.1 Å². The summed E-state index contributed by atoms with van der Waals surface area (Å²) in [5, 5.41) is 3.27. The first-order valence-corrected chi connectivity index (χ1v) is 10.1. The van der Waals surface area contributed by atoms with Crippen LogP contribution in [0.1, 0.15) is 30.0 Å². The zero-order valence-electron chi connectivity index (χ0n) is 15.3. The third-order valence-electron chi connectivity index (χ3n) is 5.10. The Balaban J connectivity index is 1.43. The van der Waals surface area contributed by atoms with Crippen molar-refractivity contribution in [1.29, 1.82) is 0 Å². The lowest BCUT2D eigenvalue weighted by Crippen LogP contribution is -2.44. The average Bonchev–Trinajstić information content (AvgIpc) is 3.36. The normalized spacial score (nSPS) is 21.4. The Bertz CT molecular complexity index is 890. The first-order chi connectivity index (χ1) is 13.6. The van der Waals surface area contributed by atoms with Crippen LogP contribution < -0.4 is 5.32 Å². The van der Waals surface area contributed by atoms with E-state index in [1.807, 2.05) is 36.4 Å². The fourth-order valence-corrected chi connectivity index (χ4v) is 4.02. The zero-order chi connectivity index (χ0) is 19.5. The van der Waals surface area contributed by atoms with Crippen molar-refractivity contribution in [3.63, 3.8) is 0 Å². The second-order valence-electron chi connectivity index (χ2n) is 6.97. The van der Waals surface area contributed by atoms with Crippen LogP contribution in [0.4, 0.5) is 9.18 Å². The van der Waals surface area contributed by atoms with E-state index in [0.717, 1.165) is 24.2 Å². The van der Waals surface area contributed by atoms with Gasteiger partial charge in [-0.15, -0.1) is 0 Å². The van der Waals surface area contributed by atoms with E-state index in [1.54, 1.807) is 11.0 Å². The molecule has 1 fully saturated rings. The lowest BCUT2D eigenvalue weighted by Gasteiger charge is -2.24. The first-order valence-electron chi connectivity index (χ1n) is 9.35. The van der Waals surface area contributed by atoms with E-state index in [0.29, 0.717) is 23.1 Å². The van der Waals surface area contributed by atoms with Crippen LogP contribution in [-0.2, 0) is 11.3 Å². The lowest BCUT2D eigenvalue weighted by molar-refractivity contribution is 0.0990. The van der Waals surface area contributed by atoms with Crippen LogP contribution in [0.25, 0.3) is 0 Å². The predicted molar refractivity (Wildman–Crippen MR) is 109 cm³/mol. The summed E-state index contributed by atoms with van der Waals surface area (Å²) in [6, 6.07) is 14.2. The molecule has 2 heterocycles. The van der Waals surface area contributed by atoms with E-state index in [2.05, 4.69) is 26.2 Å². The molecule has 1 unspecified atom stereocenters. The number of ether oxygens (including phenoxy) is 1. The molecule has 2 aliphatic rings. The van der Waals surface area contributed by atoms with Crippen LogP contribution in [-0.4, -0.2) is 36.0 Å². The molecular formula is C21H21BrFN3O2. The summed E-state index contributed by atoms with van der Waals surface area (Å²) in [6.07, 6.45) is 1.37. The van der Waals surface area contributed by atoms with Crippen molar-refractivity contribution in [2.45, 2.75) is 31.5 Å². The number of carbonyl (C=O) groups is 1. The number of rotatable bonds is 4. The molecule has 4 rings (SSSR count). The summed E-state index contributed by atoms with van der Waals surface area (Å²) in [4.78, 5) is 19.0. The summed E-state index contributed by atoms with van der Waals surface area (Å²) in [5.41, 5.74) is 1.51. The number of nitrogens with one attached hydrogen (secondary N) is 1. The van der Waals surface area contributed by atoms with Crippen molar-refractivity contribution in [2.24, 2.45) is 4.99 Å². The highest BCUT2D eigenvalue weighted by Crippen LogP contribution is 2.28. The monoisotopic (exact) mass is 445 g/mol. The van der Waals surface area contributed by atoms with Crippen LogP contribution in [0.5, 0.6) is 0 Å². The van der Waals surface area contributed by atoms with Crippen molar-refractivity contribution >= 4 is 27.9 Å². The molecular weight excluding hydrogens is 425 g/mol. The zero-order valence-corrected chi connectivity index (χ0v) is 16.9. The highest BCUT2D eigenvalue weighted by molar-refractivity contribution is 9.10. The summed E-state index contributed by atoms with van der Waals surface area (Å²) in [7, 11) is 0. The number of hydrogen-bond acceptors (Lipinski definition) is 4. The van der Waals surface area contributed by atoms with Crippen molar-refractivity contribution in [3.8, 4) is 0 Å². The molecule has 146 valence electrons. The maximum absolute atomic E-state index is 14.3. The summed E-state index contributed by atoms with van der Waals surface area (Å²) < 4.78 is 20.4. The molecule has 7 heteroatoms. The Labute approximate surface area is 171 Å². The number of hydrogen-bond donors (Lipinski definition) is 1. The second kappa shape index (κ2) is 8.31. The molecule has 1 N–H and O–H groups in total. The molecule has 2 aromatic rings. The second-order valence-corrected chi connectivity index (χ2v) is 7.88. The smallest absolute Gasteiger partial charge is 0.410 e. The molecule has 1 amide bonds. The minimum atomic E-state index is -0.339. The summed E-state index contributed by atoms with van der Waals surface area (Å²) >= 11 is 3.28. The lowest BCUT2D eigenvalue weighted by atomic mass is 10.1. The minimum Gasteiger partial charge on any atom is -0.445 e. The van der Waals surface area contributed by atoms with E-state index >= 15 is 0 Å². The largest absolute Gasteiger partial charge is 0.445 e. The van der Waals surface area contributed by atoms with Gasteiger partial charge in [-0.05, 0) is 30.5 Å². The van der Waals surface area contributed by atoms with Crippen LogP contribution in [0.15, 0.2) is 58.0 Å². The standard InChI is InChI=1S/C21H21BrFN3O2/c22-15-8-9-16(17(23)11-15)18-12-24-20(25-18)19-7-4-10-26(19)21(27)28-13-14-5-2-1-3-6-14/h1-3,5-6,8-9,11,18-19H,4,7,10,12-13H2,(H,24,25)/t18?,19-/m0/s1. The van der Waals surface area contributed by atoms with Crippen LogP contribution >= 0.6 is 15.9 Å². The van der Waals surface area contributed by atoms with Crippen LogP contribution in [0, 0.1) is 5.82 Å². The highest BCUT2D eigenvalue weighted by atomic mass is 79.9. The van der Waals surface area contributed by atoms with Gasteiger partial charge < -0.3 is 10.1 Å². The maximum atomic E-state index is 14.3. The van der Waals surface area contributed by atoms with Gasteiger partial charge in [-0.25, -0.2) is 9.18 Å². The molecule has 2 aromatic carbocycles. The maximum Gasteiger partial charge on any atom is 0.410 e. The molecule has 0 saturated carbocycles. The summed E-state index contributed by atoms with van der Waals surface area (Å²) in [6.45, 7) is 1.41. The Kier molecular flexibility index (Phi) is 5.62. The molecule has 0 aromatic heterocycles. The van der Waals surface area contributed by atoms with Crippen molar-refractivity contribution in [3.05, 3.63) is 69.9 Å². The van der Waals surface area contributed by atoms with Gasteiger partial charge in [0.15, 0.2) is 0 Å². The number of amides is 1.